The first-order valence-electron chi connectivity index (χ1n) is 6.97. The van der Waals surface area contributed by atoms with Crippen molar-refractivity contribution in [1.29, 1.82) is 0 Å². The van der Waals surface area contributed by atoms with Crippen LogP contribution in [0.25, 0.3) is 0 Å². The highest BCUT2D eigenvalue weighted by atomic mass is 28.5. The van der Waals surface area contributed by atoms with Crippen LogP contribution in [-0.2, 0) is 17.8 Å². The molecule has 0 aromatic carbocycles. The number of esters is 1. The summed E-state index contributed by atoms with van der Waals surface area (Å²) in [7, 11) is -5.59. The van der Waals surface area contributed by atoms with E-state index in [0.29, 0.717) is 12.2 Å². The zero-order valence-corrected chi connectivity index (χ0v) is 17.3. The van der Waals surface area contributed by atoms with Crippen LogP contribution in [0.2, 0.25) is 51.9 Å². The molecular weight excluding hydrogens is 304 g/mol. The van der Waals surface area contributed by atoms with Crippen LogP contribution in [0.3, 0.4) is 0 Å². The van der Waals surface area contributed by atoms with E-state index < -0.39 is 25.2 Å². The van der Waals surface area contributed by atoms with E-state index in [-0.39, 0.29) is 5.97 Å². The highest BCUT2D eigenvalue weighted by molar-refractivity contribution is 6.87. The van der Waals surface area contributed by atoms with Crippen LogP contribution in [0.15, 0.2) is 12.2 Å². The lowest BCUT2D eigenvalue weighted by atomic mass is 10.4. The van der Waals surface area contributed by atoms with Crippen molar-refractivity contribution >= 4 is 31.2 Å². The molecule has 0 unspecified atom stereocenters. The molecule has 0 rings (SSSR count). The Morgan fingerprint density at radius 2 is 1.50 bits per heavy atom. The average Bonchev–Trinajstić information content (AvgIpc) is 2.10. The quantitative estimate of drug-likeness (QED) is 0.384. The molecule has 0 radical (unpaired) electrons. The van der Waals surface area contributed by atoms with Gasteiger partial charge < -0.3 is 13.0 Å². The standard InChI is InChI=1S/C13H30O4Si3/c1-12(2)13(14)15-10-11-19(6,7)17-20(8,9)16-18(3,4)5/h1,10-11H2,2-9H3. The third-order valence-corrected chi connectivity index (χ3v) is 12.4. The van der Waals surface area contributed by atoms with Crippen molar-refractivity contribution in [1.82, 2.24) is 0 Å². The molecule has 0 saturated heterocycles. The summed E-state index contributed by atoms with van der Waals surface area (Å²) in [6, 6.07) is 0.775. The van der Waals surface area contributed by atoms with Gasteiger partial charge in [-0.15, -0.1) is 0 Å². The second-order valence-electron chi connectivity index (χ2n) is 7.14. The summed E-state index contributed by atoms with van der Waals surface area (Å²) in [5.41, 5.74) is 0.433. The second kappa shape index (κ2) is 7.17. The predicted octanol–water partition coefficient (Wildman–Crippen LogP) is 3.88. The van der Waals surface area contributed by atoms with Crippen LogP contribution < -0.4 is 0 Å². The maximum Gasteiger partial charge on any atom is 0.333 e. The highest BCUT2D eigenvalue weighted by Gasteiger charge is 2.37. The first kappa shape index (κ1) is 19.8. The molecule has 0 bridgehead atoms. The summed E-state index contributed by atoms with van der Waals surface area (Å²) in [5.74, 6) is -0.329. The van der Waals surface area contributed by atoms with Crippen LogP contribution in [0.1, 0.15) is 6.92 Å². The first-order valence-corrected chi connectivity index (χ1v) is 16.3. The molecule has 20 heavy (non-hydrogen) atoms. The smallest absolute Gasteiger partial charge is 0.333 e. The van der Waals surface area contributed by atoms with E-state index in [1.165, 1.54) is 0 Å². The van der Waals surface area contributed by atoms with Gasteiger partial charge in [0, 0.05) is 5.57 Å². The summed E-state index contributed by atoms with van der Waals surface area (Å²) in [5, 5.41) is 0. The lowest BCUT2D eigenvalue weighted by Crippen LogP contribution is -2.51. The number of rotatable bonds is 8. The molecule has 0 aliphatic heterocycles. The Balaban J connectivity index is 4.37. The van der Waals surface area contributed by atoms with Crippen molar-refractivity contribution in [2.24, 2.45) is 0 Å². The molecule has 0 aromatic rings. The topological polar surface area (TPSA) is 44.8 Å². The van der Waals surface area contributed by atoms with Crippen LogP contribution >= 0.6 is 0 Å². The monoisotopic (exact) mass is 334 g/mol. The van der Waals surface area contributed by atoms with Gasteiger partial charge in [0.2, 0.25) is 0 Å². The molecular formula is C13H30O4Si3. The second-order valence-corrected chi connectivity index (χ2v) is 19.8. The van der Waals surface area contributed by atoms with Gasteiger partial charge in [-0.2, -0.15) is 0 Å². The molecule has 0 N–H and O–H groups in total. The lowest BCUT2D eigenvalue weighted by molar-refractivity contribution is -0.138. The van der Waals surface area contributed by atoms with Gasteiger partial charge in [-0.3, -0.25) is 0 Å². The summed E-state index contributed by atoms with van der Waals surface area (Å²) in [6.45, 7) is 20.6. The Kier molecular flexibility index (Phi) is 7.09. The molecule has 0 amide bonds. The summed E-state index contributed by atoms with van der Waals surface area (Å²) in [6.07, 6.45) is 0. The normalized spacial score (nSPS) is 13.2. The van der Waals surface area contributed by atoms with Crippen molar-refractivity contribution in [3.05, 3.63) is 12.2 Å². The lowest BCUT2D eigenvalue weighted by Gasteiger charge is -2.37. The van der Waals surface area contributed by atoms with Gasteiger partial charge in [0.15, 0.2) is 16.6 Å². The molecule has 0 saturated carbocycles. The number of hydrogen-bond acceptors (Lipinski definition) is 4. The van der Waals surface area contributed by atoms with Crippen LogP contribution in [0.5, 0.6) is 0 Å². The third-order valence-electron chi connectivity index (χ3n) is 2.36. The molecule has 0 aromatic heterocycles. The summed E-state index contributed by atoms with van der Waals surface area (Å²) >= 11 is 0. The molecule has 0 fully saturated rings. The van der Waals surface area contributed by atoms with E-state index in [4.69, 9.17) is 13.0 Å². The van der Waals surface area contributed by atoms with Gasteiger partial charge in [0.1, 0.15) is 0 Å². The molecule has 118 valence electrons. The molecule has 0 spiro atoms. The van der Waals surface area contributed by atoms with Gasteiger partial charge in [-0.1, -0.05) is 6.58 Å². The molecule has 4 nitrogen and oxygen atoms in total. The number of hydrogen-bond donors (Lipinski definition) is 0. The van der Waals surface area contributed by atoms with Gasteiger partial charge in [0.25, 0.3) is 0 Å². The van der Waals surface area contributed by atoms with E-state index in [2.05, 4.69) is 52.4 Å². The summed E-state index contributed by atoms with van der Waals surface area (Å²) < 4.78 is 17.7. The van der Waals surface area contributed by atoms with Crippen LogP contribution in [0.4, 0.5) is 0 Å². The van der Waals surface area contributed by atoms with E-state index in [9.17, 15) is 4.79 Å². The molecule has 0 aliphatic carbocycles. The van der Waals surface area contributed by atoms with Crippen LogP contribution in [-0.4, -0.2) is 37.8 Å². The van der Waals surface area contributed by atoms with E-state index in [0.717, 1.165) is 6.04 Å². The fourth-order valence-corrected chi connectivity index (χ4v) is 14.8. The zero-order valence-electron chi connectivity index (χ0n) is 14.3. The van der Waals surface area contributed by atoms with Gasteiger partial charge in [-0.05, 0) is 58.8 Å². The van der Waals surface area contributed by atoms with Gasteiger partial charge >= 0.3 is 14.5 Å². The largest absolute Gasteiger partial charge is 0.463 e. The Labute approximate surface area is 127 Å². The minimum Gasteiger partial charge on any atom is -0.463 e. The van der Waals surface area contributed by atoms with E-state index in [1.807, 2.05) is 0 Å². The minimum atomic E-state index is -2.11. The van der Waals surface area contributed by atoms with Gasteiger partial charge in [0.05, 0.1) is 6.61 Å². The maximum absolute atomic E-state index is 11.3. The number of ether oxygens (including phenoxy) is 1. The molecule has 0 atom stereocenters. The number of carbonyl (C=O) groups is 1. The Bertz CT molecular complexity index is 359. The highest BCUT2D eigenvalue weighted by Crippen LogP contribution is 2.22. The van der Waals surface area contributed by atoms with Crippen LogP contribution in [0, 0.1) is 0 Å². The minimum absolute atomic E-state index is 0.329. The Morgan fingerprint density at radius 3 is 1.90 bits per heavy atom. The third kappa shape index (κ3) is 9.65. The predicted molar refractivity (Wildman–Crippen MR) is 91.1 cm³/mol. The molecule has 0 aliphatic rings. The van der Waals surface area contributed by atoms with Crippen molar-refractivity contribution < 1.29 is 17.8 Å². The fourth-order valence-electron chi connectivity index (χ4n) is 1.99. The summed E-state index contributed by atoms with van der Waals surface area (Å²) in [4.78, 5) is 11.3. The zero-order chi connectivity index (χ0) is 16.2. The van der Waals surface area contributed by atoms with E-state index >= 15 is 0 Å². The fraction of sp³-hybridized carbons (Fsp3) is 0.769. The van der Waals surface area contributed by atoms with Crippen molar-refractivity contribution in [2.45, 2.75) is 58.8 Å². The number of carbonyl (C=O) groups excluding carboxylic acids is 1. The Morgan fingerprint density at radius 1 is 1.00 bits per heavy atom. The molecule has 0 heterocycles. The molecule has 7 heteroatoms. The van der Waals surface area contributed by atoms with Gasteiger partial charge in [-0.25, -0.2) is 4.79 Å². The maximum atomic E-state index is 11.3. The van der Waals surface area contributed by atoms with E-state index in [1.54, 1.807) is 6.92 Å². The van der Waals surface area contributed by atoms with Crippen molar-refractivity contribution in [3.8, 4) is 0 Å². The SMILES string of the molecule is C=C(C)C(=O)OCC[Si](C)(C)O[Si](C)(C)O[Si](C)(C)C. The van der Waals surface area contributed by atoms with Crippen molar-refractivity contribution in [3.63, 3.8) is 0 Å². The van der Waals surface area contributed by atoms with Crippen molar-refractivity contribution in [2.75, 3.05) is 6.61 Å². The first-order chi connectivity index (χ1) is 8.74. The average molecular weight is 335 g/mol. The Hall–Kier alpha value is -0.219.